The maximum atomic E-state index is 6.17. The molecule has 0 aliphatic carbocycles. The van der Waals surface area contributed by atoms with Crippen LogP contribution in [0.25, 0.3) is 5.69 Å². The lowest BCUT2D eigenvalue weighted by Crippen LogP contribution is -2.12. The number of benzene rings is 1. The predicted octanol–water partition coefficient (Wildman–Crippen LogP) is 2.64. The number of halogens is 1. The third kappa shape index (κ3) is 2.83. The highest BCUT2D eigenvalue weighted by Crippen LogP contribution is 2.25. The molecular formula is C13H16ClN3O. The standard InChI is InChI=1S/C13H16ClN3O/c1-3-15-9-10-6-7-17(16-10)13-8-11(18-2)4-5-12(13)14/h4-8,15H,3,9H2,1-2H3. The maximum absolute atomic E-state index is 6.17. The summed E-state index contributed by atoms with van der Waals surface area (Å²) in [4.78, 5) is 0. The molecule has 0 amide bonds. The molecule has 0 aliphatic rings. The number of rotatable bonds is 5. The van der Waals surface area contributed by atoms with Gasteiger partial charge in [-0.2, -0.15) is 5.10 Å². The van der Waals surface area contributed by atoms with Gasteiger partial charge in [0.05, 0.1) is 23.5 Å². The summed E-state index contributed by atoms with van der Waals surface area (Å²) in [6, 6.07) is 7.47. The second-order valence-corrected chi connectivity index (χ2v) is 4.26. The van der Waals surface area contributed by atoms with E-state index < -0.39 is 0 Å². The van der Waals surface area contributed by atoms with E-state index in [0.717, 1.165) is 30.2 Å². The Hall–Kier alpha value is -1.52. The predicted molar refractivity (Wildman–Crippen MR) is 72.5 cm³/mol. The van der Waals surface area contributed by atoms with Crippen molar-refractivity contribution >= 4 is 11.6 Å². The van der Waals surface area contributed by atoms with Crippen molar-refractivity contribution < 1.29 is 4.74 Å². The largest absolute Gasteiger partial charge is 0.497 e. The van der Waals surface area contributed by atoms with Gasteiger partial charge < -0.3 is 10.1 Å². The van der Waals surface area contributed by atoms with Crippen LogP contribution in [0, 0.1) is 0 Å². The molecule has 0 fully saturated rings. The molecule has 0 radical (unpaired) electrons. The summed E-state index contributed by atoms with van der Waals surface area (Å²) in [5, 5.41) is 8.35. The molecular weight excluding hydrogens is 250 g/mol. The van der Waals surface area contributed by atoms with E-state index in [1.54, 1.807) is 17.9 Å². The third-order valence-electron chi connectivity index (χ3n) is 2.60. The van der Waals surface area contributed by atoms with Crippen LogP contribution in [0.2, 0.25) is 5.02 Å². The summed E-state index contributed by atoms with van der Waals surface area (Å²) in [6.07, 6.45) is 1.90. The third-order valence-corrected chi connectivity index (χ3v) is 2.92. The minimum absolute atomic E-state index is 0.647. The van der Waals surface area contributed by atoms with Crippen molar-refractivity contribution in [2.24, 2.45) is 0 Å². The van der Waals surface area contributed by atoms with E-state index in [-0.39, 0.29) is 0 Å². The smallest absolute Gasteiger partial charge is 0.121 e. The van der Waals surface area contributed by atoms with Gasteiger partial charge in [0.2, 0.25) is 0 Å². The van der Waals surface area contributed by atoms with Gasteiger partial charge in [0.25, 0.3) is 0 Å². The summed E-state index contributed by atoms with van der Waals surface area (Å²) in [7, 11) is 1.63. The quantitative estimate of drug-likeness (QED) is 0.903. The first-order valence-corrected chi connectivity index (χ1v) is 6.21. The van der Waals surface area contributed by atoms with Gasteiger partial charge >= 0.3 is 0 Å². The molecule has 5 heteroatoms. The van der Waals surface area contributed by atoms with Gasteiger partial charge in [-0.1, -0.05) is 18.5 Å². The number of nitrogens with zero attached hydrogens (tertiary/aromatic N) is 2. The summed E-state index contributed by atoms with van der Waals surface area (Å²) in [5.41, 5.74) is 1.80. The highest BCUT2D eigenvalue weighted by Gasteiger charge is 2.06. The van der Waals surface area contributed by atoms with Crippen molar-refractivity contribution in [3.8, 4) is 11.4 Å². The average molecular weight is 266 g/mol. The molecule has 2 aromatic rings. The van der Waals surface area contributed by atoms with E-state index in [4.69, 9.17) is 16.3 Å². The Kier molecular flexibility index (Phi) is 4.23. The highest BCUT2D eigenvalue weighted by atomic mass is 35.5. The lowest BCUT2D eigenvalue weighted by Gasteiger charge is -2.07. The van der Waals surface area contributed by atoms with Gasteiger partial charge in [-0.25, -0.2) is 4.68 Å². The second kappa shape index (κ2) is 5.89. The van der Waals surface area contributed by atoms with Crippen molar-refractivity contribution in [3.05, 3.63) is 41.2 Å². The van der Waals surface area contributed by atoms with Crippen molar-refractivity contribution in [3.63, 3.8) is 0 Å². The molecule has 0 spiro atoms. The van der Waals surface area contributed by atoms with Crippen molar-refractivity contribution in [1.29, 1.82) is 0 Å². The van der Waals surface area contributed by atoms with Crippen LogP contribution in [0.15, 0.2) is 30.5 Å². The van der Waals surface area contributed by atoms with Crippen LogP contribution in [-0.2, 0) is 6.54 Å². The van der Waals surface area contributed by atoms with Crippen molar-refractivity contribution in [1.82, 2.24) is 15.1 Å². The molecule has 0 saturated heterocycles. The molecule has 0 aliphatic heterocycles. The van der Waals surface area contributed by atoms with Gasteiger partial charge in [-0.15, -0.1) is 0 Å². The van der Waals surface area contributed by atoms with Crippen molar-refractivity contribution in [2.45, 2.75) is 13.5 Å². The molecule has 0 unspecified atom stereocenters. The Morgan fingerprint density at radius 3 is 2.94 bits per heavy atom. The number of nitrogens with one attached hydrogen (secondary N) is 1. The van der Waals surface area contributed by atoms with Gasteiger partial charge in [0, 0.05) is 18.8 Å². The number of hydrogen-bond donors (Lipinski definition) is 1. The topological polar surface area (TPSA) is 39.1 Å². The minimum atomic E-state index is 0.647. The zero-order valence-electron chi connectivity index (χ0n) is 10.5. The molecule has 96 valence electrons. The van der Waals surface area contributed by atoms with Crippen LogP contribution in [0.5, 0.6) is 5.75 Å². The summed E-state index contributed by atoms with van der Waals surface area (Å²) >= 11 is 6.17. The lowest BCUT2D eigenvalue weighted by molar-refractivity contribution is 0.414. The van der Waals surface area contributed by atoms with Crippen LogP contribution < -0.4 is 10.1 Å². The Balaban J connectivity index is 2.27. The SMILES string of the molecule is CCNCc1ccn(-c2cc(OC)ccc2Cl)n1. The van der Waals surface area contributed by atoms with Gasteiger partial charge in [0.1, 0.15) is 5.75 Å². The fourth-order valence-electron chi connectivity index (χ4n) is 1.64. The Morgan fingerprint density at radius 1 is 1.39 bits per heavy atom. The van der Waals surface area contributed by atoms with Crippen LogP contribution in [-0.4, -0.2) is 23.4 Å². The van der Waals surface area contributed by atoms with Gasteiger partial charge in [0.15, 0.2) is 0 Å². The van der Waals surface area contributed by atoms with E-state index in [9.17, 15) is 0 Å². The molecule has 1 aromatic heterocycles. The molecule has 1 N–H and O–H groups in total. The highest BCUT2D eigenvalue weighted by molar-refractivity contribution is 6.32. The number of hydrogen-bond acceptors (Lipinski definition) is 3. The van der Waals surface area contributed by atoms with Crippen LogP contribution >= 0.6 is 11.6 Å². The van der Waals surface area contributed by atoms with Gasteiger partial charge in [-0.05, 0) is 24.7 Å². The second-order valence-electron chi connectivity index (χ2n) is 3.85. The first-order chi connectivity index (χ1) is 8.74. The first kappa shape index (κ1) is 12.9. The van der Waals surface area contributed by atoms with E-state index in [0.29, 0.717) is 5.02 Å². The van der Waals surface area contributed by atoms with Crippen molar-refractivity contribution in [2.75, 3.05) is 13.7 Å². The number of aromatic nitrogens is 2. The maximum Gasteiger partial charge on any atom is 0.121 e. The fourth-order valence-corrected chi connectivity index (χ4v) is 1.84. The van der Waals surface area contributed by atoms with Crippen LogP contribution in [0.1, 0.15) is 12.6 Å². The number of ether oxygens (including phenoxy) is 1. The molecule has 18 heavy (non-hydrogen) atoms. The molecule has 0 saturated carbocycles. The molecule has 1 heterocycles. The van der Waals surface area contributed by atoms with E-state index in [1.165, 1.54) is 0 Å². The summed E-state index contributed by atoms with van der Waals surface area (Å²) in [5.74, 6) is 0.762. The molecule has 1 aromatic carbocycles. The average Bonchev–Trinajstić information content (AvgIpc) is 2.85. The lowest BCUT2D eigenvalue weighted by atomic mass is 10.3. The Morgan fingerprint density at radius 2 is 2.22 bits per heavy atom. The zero-order chi connectivity index (χ0) is 13.0. The molecule has 0 atom stereocenters. The summed E-state index contributed by atoms with van der Waals surface area (Å²) < 4.78 is 6.95. The fraction of sp³-hybridized carbons (Fsp3) is 0.308. The Labute approximate surface area is 112 Å². The Bertz CT molecular complexity index is 525. The number of methoxy groups -OCH3 is 1. The van der Waals surface area contributed by atoms with E-state index in [2.05, 4.69) is 17.3 Å². The minimum Gasteiger partial charge on any atom is -0.497 e. The molecule has 2 rings (SSSR count). The molecule has 4 nitrogen and oxygen atoms in total. The van der Waals surface area contributed by atoms with Crippen LogP contribution in [0.3, 0.4) is 0 Å². The van der Waals surface area contributed by atoms with Crippen LogP contribution in [0.4, 0.5) is 0 Å². The molecule has 0 bridgehead atoms. The first-order valence-electron chi connectivity index (χ1n) is 5.83. The van der Waals surface area contributed by atoms with Gasteiger partial charge in [-0.3, -0.25) is 0 Å². The zero-order valence-corrected chi connectivity index (χ0v) is 11.2. The van der Waals surface area contributed by atoms with E-state index >= 15 is 0 Å². The monoisotopic (exact) mass is 265 g/mol. The summed E-state index contributed by atoms with van der Waals surface area (Å²) in [6.45, 7) is 3.74. The van der Waals surface area contributed by atoms with E-state index in [1.807, 2.05) is 24.4 Å². The normalized spacial score (nSPS) is 10.6.